The first kappa shape index (κ1) is 14.7. The van der Waals surface area contributed by atoms with Gasteiger partial charge in [-0.1, -0.05) is 13.8 Å². The molecule has 0 saturated carbocycles. The number of carboxylic acids is 1. The number of amides is 1. The number of nitrogens with zero attached hydrogens (tertiary/aromatic N) is 2. The van der Waals surface area contributed by atoms with Crippen LogP contribution < -0.4 is 4.90 Å². The van der Waals surface area contributed by atoms with Gasteiger partial charge in [0, 0.05) is 6.07 Å². The summed E-state index contributed by atoms with van der Waals surface area (Å²) in [6, 6.07) is 1.14. The summed E-state index contributed by atoms with van der Waals surface area (Å²) in [4.78, 5) is 32.8. The second kappa shape index (κ2) is 5.98. The van der Waals surface area contributed by atoms with Crippen molar-refractivity contribution >= 4 is 24.1 Å². The van der Waals surface area contributed by atoms with Crippen LogP contribution in [0.1, 0.15) is 20.3 Å². The standard InChI is InChI=1S/C11H14N2O6/c1-7(2)5-8(11(15)16)12(6-14)9-3-4-10(19-9)13(17)18/h3-4,6-8H,5H2,1-2H3,(H,15,16). The highest BCUT2D eigenvalue weighted by atomic mass is 16.6. The van der Waals surface area contributed by atoms with E-state index in [0.29, 0.717) is 6.41 Å². The minimum atomic E-state index is -1.19. The van der Waals surface area contributed by atoms with Crippen LogP contribution in [0.25, 0.3) is 0 Å². The summed E-state index contributed by atoms with van der Waals surface area (Å²) < 4.78 is 4.84. The Balaban J connectivity index is 3.04. The minimum Gasteiger partial charge on any atom is -0.480 e. The van der Waals surface area contributed by atoms with Crippen molar-refractivity contribution in [1.82, 2.24) is 0 Å². The summed E-state index contributed by atoms with van der Waals surface area (Å²) in [5.74, 6) is -1.86. The second-order valence-electron chi connectivity index (χ2n) is 4.37. The smallest absolute Gasteiger partial charge is 0.434 e. The third kappa shape index (κ3) is 3.54. The van der Waals surface area contributed by atoms with Crippen molar-refractivity contribution in [2.75, 3.05) is 4.90 Å². The number of carboxylic acid groups (broad SMARTS) is 1. The van der Waals surface area contributed by atoms with Crippen LogP contribution in [0.5, 0.6) is 0 Å². The number of hydrogen-bond acceptors (Lipinski definition) is 5. The van der Waals surface area contributed by atoms with Crippen LogP contribution in [0.3, 0.4) is 0 Å². The van der Waals surface area contributed by atoms with Gasteiger partial charge in [0.15, 0.2) is 0 Å². The van der Waals surface area contributed by atoms with E-state index >= 15 is 0 Å². The summed E-state index contributed by atoms with van der Waals surface area (Å²) in [6.45, 7) is 3.62. The lowest BCUT2D eigenvalue weighted by molar-refractivity contribution is -0.401. The Morgan fingerprint density at radius 2 is 2.21 bits per heavy atom. The van der Waals surface area contributed by atoms with Gasteiger partial charge in [-0.25, -0.2) is 4.79 Å². The highest BCUT2D eigenvalue weighted by molar-refractivity contribution is 5.86. The van der Waals surface area contributed by atoms with Crippen molar-refractivity contribution in [3.05, 3.63) is 22.2 Å². The molecule has 0 aliphatic heterocycles. The highest BCUT2D eigenvalue weighted by Crippen LogP contribution is 2.26. The van der Waals surface area contributed by atoms with Gasteiger partial charge in [0.1, 0.15) is 11.0 Å². The van der Waals surface area contributed by atoms with Crippen LogP contribution in [0.15, 0.2) is 16.5 Å². The number of nitro groups is 1. The van der Waals surface area contributed by atoms with E-state index < -0.39 is 22.8 Å². The molecule has 0 spiro atoms. The van der Waals surface area contributed by atoms with Crippen molar-refractivity contribution in [3.63, 3.8) is 0 Å². The lowest BCUT2D eigenvalue weighted by Crippen LogP contribution is -2.41. The van der Waals surface area contributed by atoms with Crippen LogP contribution in [0.4, 0.5) is 11.8 Å². The molecule has 0 radical (unpaired) electrons. The third-order valence-electron chi connectivity index (χ3n) is 2.44. The largest absolute Gasteiger partial charge is 0.480 e. The fourth-order valence-electron chi connectivity index (χ4n) is 1.61. The molecular formula is C11H14N2O6. The second-order valence-corrected chi connectivity index (χ2v) is 4.37. The molecule has 1 heterocycles. The maximum Gasteiger partial charge on any atom is 0.434 e. The Hall–Kier alpha value is -2.38. The van der Waals surface area contributed by atoms with Crippen LogP contribution in [-0.4, -0.2) is 28.5 Å². The number of aliphatic carboxylic acids is 1. The predicted octanol–water partition coefficient (Wildman–Crippen LogP) is 1.65. The highest BCUT2D eigenvalue weighted by Gasteiger charge is 2.29. The maximum atomic E-state index is 11.2. The van der Waals surface area contributed by atoms with Gasteiger partial charge in [0.2, 0.25) is 12.3 Å². The maximum absolute atomic E-state index is 11.2. The van der Waals surface area contributed by atoms with Gasteiger partial charge in [0.05, 0.1) is 6.07 Å². The molecule has 104 valence electrons. The molecule has 1 unspecified atom stereocenters. The predicted molar refractivity (Wildman–Crippen MR) is 64.8 cm³/mol. The number of rotatable bonds is 7. The van der Waals surface area contributed by atoms with E-state index in [2.05, 4.69) is 0 Å². The van der Waals surface area contributed by atoms with Crippen molar-refractivity contribution in [3.8, 4) is 0 Å². The first-order valence-electron chi connectivity index (χ1n) is 5.57. The Morgan fingerprint density at radius 3 is 2.58 bits per heavy atom. The molecule has 8 heteroatoms. The van der Waals surface area contributed by atoms with Gasteiger partial charge in [-0.3, -0.25) is 19.8 Å². The van der Waals surface area contributed by atoms with E-state index in [1.807, 2.05) is 13.8 Å². The van der Waals surface area contributed by atoms with Crippen LogP contribution in [-0.2, 0) is 9.59 Å². The van der Waals surface area contributed by atoms with Crippen LogP contribution in [0.2, 0.25) is 0 Å². The lowest BCUT2D eigenvalue weighted by Gasteiger charge is -2.23. The number of hydrogen-bond donors (Lipinski definition) is 1. The quantitative estimate of drug-likeness (QED) is 0.457. The summed E-state index contributed by atoms with van der Waals surface area (Å²) in [5, 5.41) is 19.6. The zero-order valence-electron chi connectivity index (χ0n) is 10.5. The summed E-state index contributed by atoms with van der Waals surface area (Å²) in [7, 11) is 0. The molecule has 0 saturated heterocycles. The van der Waals surface area contributed by atoms with E-state index in [0.717, 1.165) is 11.0 Å². The molecule has 1 N–H and O–H groups in total. The molecule has 1 aromatic heterocycles. The molecule has 1 amide bonds. The van der Waals surface area contributed by atoms with E-state index in [1.165, 1.54) is 6.07 Å². The molecule has 1 atom stereocenters. The summed E-state index contributed by atoms with van der Waals surface area (Å²) in [6.07, 6.45) is 0.506. The summed E-state index contributed by atoms with van der Waals surface area (Å²) >= 11 is 0. The van der Waals surface area contributed by atoms with Crippen molar-refractivity contribution in [1.29, 1.82) is 0 Å². The van der Waals surface area contributed by atoms with Crippen LogP contribution >= 0.6 is 0 Å². The fourth-order valence-corrected chi connectivity index (χ4v) is 1.61. The van der Waals surface area contributed by atoms with Crippen molar-refractivity contribution < 1.29 is 24.0 Å². The van der Waals surface area contributed by atoms with Crippen molar-refractivity contribution in [2.24, 2.45) is 5.92 Å². The van der Waals surface area contributed by atoms with Gasteiger partial charge in [-0.15, -0.1) is 0 Å². The molecule has 0 fully saturated rings. The van der Waals surface area contributed by atoms with E-state index in [1.54, 1.807) is 0 Å². The number of carbonyl (C=O) groups excluding carboxylic acids is 1. The Morgan fingerprint density at radius 1 is 1.58 bits per heavy atom. The Bertz CT molecular complexity index is 481. The lowest BCUT2D eigenvalue weighted by atomic mass is 10.0. The Kier molecular flexibility index (Phi) is 4.62. The summed E-state index contributed by atoms with van der Waals surface area (Å²) in [5.41, 5.74) is 0. The number of anilines is 1. The molecule has 0 bridgehead atoms. The number of furan rings is 1. The number of carbonyl (C=O) groups is 2. The van der Waals surface area contributed by atoms with Gasteiger partial charge in [-0.2, -0.15) is 0 Å². The van der Waals surface area contributed by atoms with Gasteiger partial charge in [0.25, 0.3) is 0 Å². The topological polar surface area (TPSA) is 114 Å². The van der Waals surface area contributed by atoms with Crippen LogP contribution in [0, 0.1) is 16.0 Å². The third-order valence-corrected chi connectivity index (χ3v) is 2.44. The first-order valence-corrected chi connectivity index (χ1v) is 5.57. The first-order chi connectivity index (χ1) is 8.86. The normalized spacial score (nSPS) is 12.2. The van der Waals surface area contributed by atoms with Crippen molar-refractivity contribution in [2.45, 2.75) is 26.3 Å². The average Bonchev–Trinajstić information content (AvgIpc) is 2.77. The SMILES string of the molecule is CC(C)CC(C(=O)O)N(C=O)c1ccc([N+](=O)[O-])o1. The van der Waals surface area contributed by atoms with Gasteiger partial charge < -0.3 is 9.52 Å². The molecule has 1 rings (SSSR count). The molecule has 0 aliphatic carbocycles. The molecule has 1 aromatic rings. The molecule has 0 aromatic carbocycles. The molecular weight excluding hydrogens is 256 g/mol. The zero-order chi connectivity index (χ0) is 14.6. The van der Waals surface area contributed by atoms with E-state index in [9.17, 15) is 19.7 Å². The molecule has 8 nitrogen and oxygen atoms in total. The van der Waals surface area contributed by atoms with Gasteiger partial charge >= 0.3 is 11.9 Å². The molecule has 19 heavy (non-hydrogen) atoms. The monoisotopic (exact) mass is 270 g/mol. The fraction of sp³-hybridized carbons (Fsp3) is 0.455. The van der Waals surface area contributed by atoms with E-state index in [-0.39, 0.29) is 18.2 Å². The molecule has 0 aliphatic rings. The average molecular weight is 270 g/mol. The van der Waals surface area contributed by atoms with Gasteiger partial charge in [-0.05, 0) is 12.3 Å². The zero-order valence-corrected chi connectivity index (χ0v) is 10.5. The Labute approximate surface area is 108 Å². The minimum absolute atomic E-state index is 0.0356. The van der Waals surface area contributed by atoms with E-state index in [4.69, 9.17) is 9.52 Å².